The first-order valence-electron chi connectivity index (χ1n) is 6.58. The maximum absolute atomic E-state index is 11.6. The Hall–Kier alpha value is -1.39. The fourth-order valence-corrected chi connectivity index (χ4v) is 2.20. The number of hydrogen-bond acceptors (Lipinski definition) is 3. The number of rotatable bonds is 5. The molecule has 0 aromatic rings. The highest BCUT2D eigenvalue weighted by molar-refractivity contribution is 5.94. The molecule has 18 heavy (non-hydrogen) atoms. The van der Waals surface area contributed by atoms with Gasteiger partial charge in [-0.1, -0.05) is 13.8 Å². The first kappa shape index (κ1) is 13.1. The van der Waals surface area contributed by atoms with Gasteiger partial charge in [-0.2, -0.15) is 5.10 Å². The van der Waals surface area contributed by atoms with Crippen molar-refractivity contribution >= 4 is 17.5 Å². The molecule has 1 aliphatic heterocycles. The summed E-state index contributed by atoms with van der Waals surface area (Å²) in [6, 6.07) is 0. The Balaban J connectivity index is 1.62. The second-order valence-electron chi connectivity index (χ2n) is 5.91. The zero-order chi connectivity index (χ0) is 13.2. The van der Waals surface area contributed by atoms with Crippen molar-refractivity contribution in [1.29, 1.82) is 0 Å². The standard InChI is InChI=1S/C13H21N3O2/c1-13(2)7-9(13)8-14-11(17)5-3-10-4-6-12(18)16-15-10/h9H,3-8H2,1-2H3,(H,14,17)(H,16,18)/t9-/m1/s1. The molecule has 5 nitrogen and oxygen atoms in total. The second-order valence-corrected chi connectivity index (χ2v) is 5.91. The van der Waals surface area contributed by atoms with Crippen LogP contribution in [-0.4, -0.2) is 24.1 Å². The SMILES string of the molecule is CC1(C)C[C@@H]1CNC(=O)CCC1=NNC(=O)CC1. The smallest absolute Gasteiger partial charge is 0.240 e. The van der Waals surface area contributed by atoms with Gasteiger partial charge in [-0.15, -0.1) is 0 Å². The monoisotopic (exact) mass is 251 g/mol. The first-order valence-corrected chi connectivity index (χ1v) is 6.58. The molecular weight excluding hydrogens is 230 g/mol. The van der Waals surface area contributed by atoms with Gasteiger partial charge in [0.05, 0.1) is 0 Å². The third-order valence-electron chi connectivity index (χ3n) is 3.88. The minimum Gasteiger partial charge on any atom is -0.356 e. The third kappa shape index (κ3) is 3.55. The molecule has 2 aliphatic rings. The minimum absolute atomic E-state index is 0.0424. The van der Waals surface area contributed by atoms with E-state index in [2.05, 4.69) is 29.7 Å². The van der Waals surface area contributed by atoms with Gasteiger partial charge in [0.2, 0.25) is 11.8 Å². The Kier molecular flexibility index (Phi) is 3.68. The molecule has 1 saturated carbocycles. The van der Waals surface area contributed by atoms with Gasteiger partial charge in [0.15, 0.2) is 0 Å². The molecule has 1 aliphatic carbocycles. The number of hydrogen-bond donors (Lipinski definition) is 2. The molecule has 2 N–H and O–H groups in total. The molecule has 0 bridgehead atoms. The summed E-state index contributed by atoms with van der Waals surface area (Å²) in [6.45, 7) is 5.24. The Morgan fingerprint density at radius 3 is 2.78 bits per heavy atom. The Bertz CT molecular complexity index is 388. The first-order chi connectivity index (χ1) is 8.47. The van der Waals surface area contributed by atoms with Gasteiger partial charge in [-0.25, -0.2) is 5.43 Å². The predicted octanol–water partition coefficient (Wildman–Crippen LogP) is 1.19. The molecule has 2 amide bonds. The van der Waals surface area contributed by atoms with Crippen LogP contribution in [0.3, 0.4) is 0 Å². The summed E-state index contributed by atoms with van der Waals surface area (Å²) >= 11 is 0. The van der Waals surface area contributed by atoms with Crippen LogP contribution < -0.4 is 10.7 Å². The zero-order valence-electron chi connectivity index (χ0n) is 11.1. The highest BCUT2D eigenvalue weighted by atomic mass is 16.2. The summed E-state index contributed by atoms with van der Waals surface area (Å²) < 4.78 is 0. The molecule has 0 aromatic carbocycles. The predicted molar refractivity (Wildman–Crippen MR) is 68.9 cm³/mol. The normalized spacial score (nSPS) is 25.1. The molecule has 0 radical (unpaired) electrons. The second kappa shape index (κ2) is 5.08. The lowest BCUT2D eigenvalue weighted by Gasteiger charge is -2.11. The van der Waals surface area contributed by atoms with E-state index in [4.69, 9.17) is 0 Å². The van der Waals surface area contributed by atoms with Crippen LogP contribution in [0.1, 0.15) is 46.0 Å². The van der Waals surface area contributed by atoms with Gasteiger partial charge in [0.25, 0.3) is 0 Å². The van der Waals surface area contributed by atoms with E-state index in [9.17, 15) is 9.59 Å². The summed E-state index contributed by atoms with van der Waals surface area (Å²) in [7, 11) is 0. The minimum atomic E-state index is -0.0424. The third-order valence-corrected chi connectivity index (χ3v) is 3.88. The van der Waals surface area contributed by atoms with Gasteiger partial charge >= 0.3 is 0 Å². The van der Waals surface area contributed by atoms with E-state index in [1.54, 1.807) is 0 Å². The lowest BCUT2D eigenvalue weighted by Crippen LogP contribution is -2.29. The van der Waals surface area contributed by atoms with E-state index in [0.29, 0.717) is 37.0 Å². The quantitative estimate of drug-likeness (QED) is 0.770. The van der Waals surface area contributed by atoms with E-state index >= 15 is 0 Å². The molecule has 1 atom stereocenters. The van der Waals surface area contributed by atoms with Gasteiger partial charge in [-0.3, -0.25) is 9.59 Å². The van der Waals surface area contributed by atoms with E-state index in [1.807, 2.05) is 0 Å². The van der Waals surface area contributed by atoms with E-state index < -0.39 is 0 Å². The topological polar surface area (TPSA) is 70.6 Å². The van der Waals surface area contributed by atoms with Crippen LogP contribution in [0.25, 0.3) is 0 Å². The average Bonchev–Trinajstić information content (AvgIpc) is 2.94. The lowest BCUT2D eigenvalue weighted by molar-refractivity contribution is -0.121. The number of carbonyl (C=O) groups is 2. The summed E-state index contributed by atoms with van der Waals surface area (Å²) in [4.78, 5) is 22.5. The van der Waals surface area contributed by atoms with Gasteiger partial charge in [0.1, 0.15) is 0 Å². The van der Waals surface area contributed by atoms with Crippen LogP contribution in [0.4, 0.5) is 0 Å². The molecule has 0 unspecified atom stereocenters. The molecule has 1 fully saturated rings. The van der Waals surface area contributed by atoms with Crippen molar-refractivity contribution in [2.24, 2.45) is 16.4 Å². The maximum Gasteiger partial charge on any atom is 0.240 e. The van der Waals surface area contributed by atoms with Gasteiger partial charge < -0.3 is 5.32 Å². The van der Waals surface area contributed by atoms with E-state index in [-0.39, 0.29) is 11.8 Å². The summed E-state index contributed by atoms with van der Waals surface area (Å²) in [5.41, 5.74) is 3.77. The van der Waals surface area contributed by atoms with Crippen molar-refractivity contribution in [3.8, 4) is 0 Å². The van der Waals surface area contributed by atoms with Crippen molar-refractivity contribution in [2.75, 3.05) is 6.54 Å². The zero-order valence-corrected chi connectivity index (χ0v) is 11.1. The Morgan fingerprint density at radius 2 is 2.22 bits per heavy atom. The fraction of sp³-hybridized carbons (Fsp3) is 0.769. The molecule has 100 valence electrons. The molecule has 1 heterocycles. The largest absolute Gasteiger partial charge is 0.356 e. The van der Waals surface area contributed by atoms with Crippen LogP contribution in [-0.2, 0) is 9.59 Å². The molecule has 0 spiro atoms. The van der Waals surface area contributed by atoms with E-state index in [0.717, 1.165) is 12.3 Å². The van der Waals surface area contributed by atoms with Crippen LogP contribution in [0.15, 0.2) is 5.10 Å². The number of nitrogens with one attached hydrogen (secondary N) is 2. The summed E-state index contributed by atoms with van der Waals surface area (Å²) in [5.74, 6) is 0.671. The maximum atomic E-state index is 11.6. The molecule has 5 heteroatoms. The van der Waals surface area contributed by atoms with Crippen molar-refractivity contribution < 1.29 is 9.59 Å². The molecular formula is C13H21N3O2. The number of carbonyl (C=O) groups excluding carboxylic acids is 2. The van der Waals surface area contributed by atoms with Crippen molar-refractivity contribution in [3.05, 3.63) is 0 Å². The molecule has 0 aromatic heterocycles. The molecule has 0 saturated heterocycles. The number of hydrazone groups is 1. The Morgan fingerprint density at radius 1 is 1.50 bits per heavy atom. The van der Waals surface area contributed by atoms with Gasteiger partial charge in [-0.05, 0) is 30.6 Å². The average molecular weight is 251 g/mol. The number of amides is 2. The van der Waals surface area contributed by atoms with Crippen molar-refractivity contribution in [1.82, 2.24) is 10.7 Å². The summed E-state index contributed by atoms with van der Waals surface area (Å²) in [5, 5.41) is 6.92. The van der Waals surface area contributed by atoms with Crippen LogP contribution in [0.2, 0.25) is 0 Å². The van der Waals surface area contributed by atoms with E-state index in [1.165, 1.54) is 6.42 Å². The Labute approximate surface area is 107 Å². The van der Waals surface area contributed by atoms with Gasteiger partial charge in [0, 0.05) is 25.1 Å². The van der Waals surface area contributed by atoms with Crippen LogP contribution >= 0.6 is 0 Å². The van der Waals surface area contributed by atoms with Crippen LogP contribution in [0, 0.1) is 11.3 Å². The van der Waals surface area contributed by atoms with Crippen molar-refractivity contribution in [3.63, 3.8) is 0 Å². The lowest BCUT2D eigenvalue weighted by atomic mass is 10.1. The van der Waals surface area contributed by atoms with Crippen LogP contribution in [0.5, 0.6) is 0 Å². The fourth-order valence-electron chi connectivity index (χ4n) is 2.20. The molecule has 2 rings (SSSR count). The highest BCUT2D eigenvalue weighted by Gasteiger charge is 2.45. The highest BCUT2D eigenvalue weighted by Crippen LogP contribution is 2.50. The van der Waals surface area contributed by atoms with Crippen molar-refractivity contribution in [2.45, 2.75) is 46.0 Å². The summed E-state index contributed by atoms with van der Waals surface area (Å²) in [6.07, 6.45) is 3.46. The number of nitrogens with zero attached hydrogens (tertiary/aromatic N) is 1.